The van der Waals surface area contributed by atoms with Crippen LogP contribution in [0.4, 0.5) is 0 Å². The third-order valence-corrected chi connectivity index (χ3v) is 10.9. The number of aliphatic hydroxyl groups excluding tert-OH is 3. The maximum absolute atomic E-state index is 11.8. The van der Waals surface area contributed by atoms with E-state index in [-0.39, 0.29) is 24.5 Å². The lowest BCUT2D eigenvalue weighted by molar-refractivity contribution is 0.123. The fourth-order valence-corrected chi connectivity index (χ4v) is 8.33. The van der Waals surface area contributed by atoms with Gasteiger partial charge in [-0.05, 0) is 87.2 Å². The summed E-state index contributed by atoms with van der Waals surface area (Å²) in [6.07, 6.45) is 1.70. The van der Waals surface area contributed by atoms with Crippen molar-refractivity contribution in [2.75, 3.05) is 0 Å². The summed E-state index contributed by atoms with van der Waals surface area (Å²) in [6.45, 7) is 8.25. The van der Waals surface area contributed by atoms with E-state index in [0.717, 1.165) is 27.8 Å². The molecule has 6 N–H and O–H groups in total. The Morgan fingerprint density at radius 2 is 1.20 bits per heavy atom. The number of allylic oxidation sites excluding steroid dienone is 2. The Labute approximate surface area is 297 Å². The third-order valence-electron chi connectivity index (χ3n) is 10.9. The van der Waals surface area contributed by atoms with Crippen molar-refractivity contribution in [3.8, 4) is 39.9 Å². The number of ether oxygens (including phenoxy) is 1. The molecule has 7 heteroatoms. The van der Waals surface area contributed by atoms with Gasteiger partial charge >= 0.3 is 0 Å². The van der Waals surface area contributed by atoms with Crippen molar-refractivity contribution in [1.82, 2.24) is 0 Å². The van der Waals surface area contributed by atoms with Gasteiger partial charge < -0.3 is 35.4 Å². The molecule has 5 aromatic carbocycles. The van der Waals surface area contributed by atoms with Gasteiger partial charge in [-0.1, -0.05) is 100 Å². The Morgan fingerprint density at radius 1 is 0.647 bits per heavy atom. The summed E-state index contributed by atoms with van der Waals surface area (Å²) in [5.74, 6) is -1.57. The largest absolute Gasteiger partial charge is 0.508 e. The van der Waals surface area contributed by atoms with Crippen LogP contribution in [0.15, 0.2) is 126 Å². The molecule has 7 nitrogen and oxygen atoms in total. The topological polar surface area (TPSA) is 131 Å². The highest BCUT2D eigenvalue weighted by atomic mass is 16.5. The maximum atomic E-state index is 11.8. The van der Waals surface area contributed by atoms with E-state index in [9.17, 15) is 30.6 Å². The zero-order valence-electron chi connectivity index (χ0n) is 29.1. The van der Waals surface area contributed by atoms with E-state index in [1.165, 1.54) is 11.6 Å². The van der Waals surface area contributed by atoms with Crippen molar-refractivity contribution in [3.63, 3.8) is 0 Å². The molecule has 0 saturated heterocycles. The number of hydrogen-bond acceptors (Lipinski definition) is 7. The second-order valence-corrected chi connectivity index (χ2v) is 14.3. The van der Waals surface area contributed by atoms with Gasteiger partial charge in [-0.3, -0.25) is 0 Å². The number of phenols is 3. The summed E-state index contributed by atoms with van der Waals surface area (Å²) in [5, 5.41) is 67.2. The molecule has 1 unspecified atom stereocenters. The Morgan fingerprint density at radius 3 is 1.73 bits per heavy atom. The van der Waals surface area contributed by atoms with Gasteiger partial charge in [-0.15, -0.1) is 0 Å². The number of aliphatic hydroxyl groups is 3. The van der Waals surface area contributed by atoms with E-state index in [0.29, 0.717) is 28.5 Å². The van der Waals surface area contributed by atoms with Crippen molar-refractivity contribution >= 4 is 0 Å². The Hall–Kier alpha value is -5.82. The number of hydrogen-bond donors (Lipinski definition) is 6. The average Bonchev–Trinajstić information content (AvgIpc) is 3.43. The molecule has 1 atom stereocenters. The fraction of sp³-hybridized carbons (Fsp3) is 0.227. The standard InChI is InChI=1S/C44H42O7/c1-25(2)28-15-19-30(20-16-28)51-29-17-13-27(14-18-29)21-33-36(22-37(45)42(50)40(33)48)44(43(26(3)4)23-38(46)41(49)39(47)24-43)34-11-7-5-9-31(34)32-10-6-8-12-35(32)44/h5-20,22-23,25-26,45-50H,21,24H2,1-4H3. The molecule has 0 fully saturated rings. The van der Waals surface area contributed by atoms with E-state index in [1.54, 1.807) is 6.08 Å². The Kier molecular flexibility index (Phi) is 8.25. The van der Waals surface area contributed by atoms with Gasteiger partial charge in [0, 0.05) is 23.8 Å². The number of phenolic OH excluding ortho intramolecular Hbond substituents is 3. The van der Waals surface area contributed by atoms with Crippen LogP contribution in [0.5, 0.6) is 28.7 Å². The molecule has 51 heavy (non-hydrogen) atoms. The van der Waals surface area contributed by atoms with Gasteiger partial charge in [0.05, 0.1) is 5.41 Å². The number of rotatable bonds is 8. The molecule has 0 bridgehead atoms. The molecular weight excluding hydrogens is 640 g/mol. The first-order valence-electron chi connectivity index (χ1n) is 17.3. The number of benzene rings is 5. The summed E-state index contributed by atoms with van der Waals surface area (Å²) in [5.41, 5.74) is 3.97. The van der Waals surface area contributed by atoms with Crippen LogP contribution in [0.25, 0.3) is 11.1 Å². The van der Waals surface area contributed by atoms with Crippen LogP contribution in [-0.2, 0) is 11.8 Å². The SMILES string of the molecule is CC(C)c1ccc(Oc2ccc(Cc3c(C4(C5(C(C)C)C=C(O)C(O)=C(O)C5)c5ccccc5-c5ccccc54)cc(O)c(O)c3O)cc2)cc1. The monoisotopic (exact) mass is 682 g/mol. The molecular formula is C44H42O7. The average molecular weight is 683 g/mol. The fourth-order valence-electron chi connectivity index (χ4n) is 8.33. The quantitative estimate of drug-likeness (QED) is 0.0898. The zero-order valence-corrected chi connectivity index (χ0v) is 29.1. The molecule has 2 aliphatic rings. The number of aromatic hydroxyl groups is 3. The summed E-state index contributed by atoms with van der Waals surface area (Å²) in [7, 11) is 0. The highest BCUT2D eigenvalue weighted by Crippen LogP contribution is 2.68. The first-order valence-corrected chi connectivity index (χ1v) is 17.3. The van der Waals surface area contributed by atoms with Crippen molar-refractivity contribution in [3.05, 3.63) is 160 Å². The van der Waals surface area contributed by atoms with Crippen molar-refractivity contribution in [1.29, 1.82) is 0 Å². The normalized spacial score (nSPS) is 17.7. The summed E-state index contributed by atoms with van der Waals surface area (Å²) < 4.78 is 6.12. The molecule has 2 aliphatic carbocycles. The minimum absolute atomic E-state index is 0.0603. The van der Waals surface area contributed by atoms with Crippen molar-refractivity contribution in [2.45, 2.75) is 51.9 Å². The second kappa shape index (κ2) is 12.5. The van der Waals surface area contributed by atoms with Crippen LogP contribution in [0.2, 0.25) is 0 Å². The van der Waals surface area contributed by atoms with Gasteiger partial charge in [0.1, 0.15) is 17.3 Å². The molecule has 7 rings (SSSR count). The first kappa shape index (κ1) is 33.7. The van der Waals surface area contributed by atoms with Crippen LogP contribution >= 0.6 is 0 Å². The lowest BCUT2D eigenvalue weighted by Gasteiger charge is -2.53. The predicted octanol–water partition coefficient (Wildman–Crippen LogP) is 10.4. The third kappa shape index (κ3) is 5.18. The van der Waals surface area contributed by atoms with Crippen molar-refractivity contribution < 1.29 is 35.4 Å². The molecule has 0 heterocycles. The Bertz CT molecular complexity index is 2150. The summed E-state index contributed by atoms with van der Waals surface area (Å²) >= 11 is 0. The lowest BCUT2D eigenvalue weighted by atomic mass is 9.48. The van der Waals surface area contributed by atoms with Crippen LogP contribution in [0.3, 0.4) is 0 Å². The summed E-state index contributed by atoms with van der Waals surface area (Å²) in [6, 6.07) is 32.7. The van der Waals surface area contributed by atoms with E-state index in [1.807, 2.05) is 111 Å². The molecule has 0 radical (unpaired) electrons. The molecule has 0 aliphatic heterocycles. The van der Waals surface area contributed by atoms with E-state index < -0.39 is 39.6 Å². The summed E-state index contributed by atoms with van der Waals surface area (Å²) in [4.78, 5) is 0. The van der Waals surface area contributed by atoms with Crippen LogP contribution in [0.1, 0.15) is 73.4 Å². The van der Waals surface area contributed by atoms with E-state index >= 15 is 0 Å². The highest BCUT2D eigenvalue weighted by Gasteiger charge is 2.61. The van der Waals surface area contributed by atoms with Crippen LogP contribution < -0.4 is 4.74 Å². The van der Waals surface area contributed by atoms with E-state index in [2.05, 4.69) is 13.8 Å². The Balaban J connectivity index is 1.44. The van der Waals surface area contributed by atoms with Gasteiger partial charge in [-0.2, -0.15) is 0 Å². The van der Waals surface area contributed by atoms with Crippen molar-refractivity contribution in [2.24, 2.45) is 11.3 Å². The molecule has 5 aromatic rings. The molecule has 260 valence electrons. The predicted molar refractivity (Wildman–Crippen MR) is 198 cm³/mol. The lowest BCUT2D eigenvalue weighted by Crippen LogP contribution is -2.50. The van der Waals surface area contributed by atoms with Crippen LogP contribution in [0, 0.1) is 11.3 Å². The van der Waals surface area contributed by atoms with E-state index in [4.69, 9.17) is 4.74 Å². The van der Waals surface area contributed by atoms with Gasteiger partial charge in [-0.25, -0.2) is 0 Å². The smallest absolute Gasteiger partial charge is 0.200 e. The molecule has 0 amide bonds. The van der Waals surface area contributed by atoms with Gasteiger partial charge in [0.15, 0.2) is 23.0 Å². The molecule has 0 aromatic heterocycles. The van der Waals surface area contributed by atoms with Gasteiger partial charge in [0.25, 0.3) is 0 Å². The molecule has 0 saturated carbocycles. The minimum Gasteiger partial charge on any atom is -0.508 e. The number of fused-ring (bicyclic) bond motifs is 3. The van der Waals surface area contributed by atoms with Gasteiger partial charge in [0.2, 0.25) is 5.75 Å². The zero-order chi connectivity index (χ0) is 36.2. The highest BCUT2D eigenvalue weighted by molar-refractivity contribution is 5.86. The minimum atomic E-state index is -1.25. The van der Waals surface area contributed by atoms with Crippen LogP contribution in [-0.4, -0.2) is 30.6 Å². The first-order chi connectivity index (χ1) is 24.4. The second-order valence-electron chi connectivity index (χ2n) is 14.3. The molecule has 0 spiro atoms. The maximum Gasteiger partial charge on any atom is 0.200 e.